The van der Waals surface area contributed by atoms with Gasteiger partial charge in [0.15, 0.2) is 5.82 Å². The Morgan fingerprint density at radius 3 is 2.31 bits per heavy atom. The van der Waals surface area contributed by atoms with Crippen molar-refractivity contribution in [2.45, 2.75) is 19.3 Å². The summed E-state index contributed by atoms with van der Waals surface area (Å²) in [4.78, 5) is 42.6. The van der Waals surface area contributed by atoms with Crippen LogP contribution >= 0.6 is 0 Å². The third kappa shape index (κ3) is 3.04. The van der Waals surface area contributed by atoms with E-state index in [1.54, 1.807) is 29.2 Å². The second-order valence-corrected chi connectivity index (χ2v) is 7.64. The van der Waals surface area contributed by atoms with Gasteiger partial charge in [0, 0.05) is 26.2 Å². The topological polar surface area (TPSA) is 86.7 Å². The molecular formula is C21H21N5O3. The summed E-state index contributed by atoms with van der Waals surface area (Å²) in [5, 5.41) is 8.68. The van der Waals surface area contributed by atoms with Crippen molar-refractivity contribution in [1.29, 1.82) is 0 Å². The molecule has 1 aromatic heterocycles. The van der Waals surface area contributed by atoms with Crippen LogP contribution in [0.1, 0.15) is 38.4 Å². The summed E-state index contributed by atoms with van der Waals surface area (Å²) < 4.78 is 0. The number of amides is 3. The van der Waals surface area contributed by atoms with Crippen molar-refractivity contribution in [2.75, 3.05) is 37.6 Å². The number of piperazine rings is 1. The molecule has 0 radical (unpaired) electrons. The number of carbonyl (C=O) groups excluding carboxylic acids is 3. The smallest absolute Gasteiger partial charge is 0.262 e. The summed E-state index contributed by atoms with van der Waals surface area (Å²) in [6.07, 6.45) is 3.19. The van der Waals surface area contributed by atoms with Crippen LogP contribution in [-0.2, 0) is 17.6 Å². The molecule has 0 saturated carbocycles. The number of nitrogens with zero attached hydrogens (tertiary/aromatic N) is 5. The maximum Gasteiger partial charge on any atom is 0.262 e. The first kappa shape index (κ1) is 17.8. The van der Waals surface area contributed by atoms with Gasteiger partial charge in [-0.1, -0.05) is 12.1 Å². The fourth-order valence-electron chi connectivity index (χ4n) is 4.27. The van der Waals surface area contributed by atoms with Crippen LogP contribution in [0.25, 0.3) is 0 Å². The Morgan fingerprint density at radius 2 is 1.62 bits per heavy atom. The second-order valence-electron chi connectivity index (χ2n) is 7.64. The number of fused-ring (bicyclic) bond motifs is 2. The summed E-state index contributed by atoms with van der Waals surface area (Å²) in [5.74, 6) is -0.144. The van der Waals surface area contributed by atoms with E-state index in [4.69, 9.17) is 0 Å². The van der Waals surface area contributed by atoms with Gasteiger partial charge in [-0.3, -0.25) is 19.3 Å². The quantitative estimate of drug-likeness (QED) is 0.723. The molecular weight excluding hydrogens is 370 g/mol. The van der Waals surface area contributed by atoms with Crippen molar-refractivity contribution >= 4 is 23.5 Å². The van der Waals surface area contributed by atoms with Gasteiger partial charge in [-0.05, 0) is 43.0 Å². The SMILES string of the molecule is O=C(CN1C(=O)c2ccccc2C1=O)N1CCN(c2cc3c(nn2)CCC3)CC1. The minimum absolute atomic E-state index is 0.209. The highest BCUT2D eigenvalue weighted by Gasteiger charge is 2.37. The fraction of sp³-hybridized carbons (Fsp3) is 0.381. The van der Waals surface area contributed by atoms with Crippen molar-refractivity contribution in [1.82, 2.24) is 20.0 Å². The fourth-order valence-corrected chi connectivity index (χ4v) is 4.27. The van der Waals surface area contributed by atoms with E-state index in [-0.39, 0.29) is 12.5 Å². The number of hydrogen-bond acceptors (Lipinski definition) is 6. The first-order valence-corrected chi connectivity index (χ1v) is 9.95. The number of rotatable bonds is 3. The van der Waals surface area contributed by atoms with Crippen LogP contribution in [0.2, 0.25) is 0 Å². The van der Waals surface area contributed by atoms with Gasteiger partial charge in [-0.15, -0.1) is 5.10 Å². The minimum atomic E-state index is -0.397. The Hall–Kier alpha value is -3.29. The summed E-state index contributed by atoms with van der Waals surface area (Å²) in [5.41, 5.74) is 3.11. The van der Waals surface area contributed by atoms with Gasteiger partial charge in [0.1, 0.15) is 6.54 Å². The molecule has 1 fully saturated rings. The molecule has 1 aliphatic carbocycles. The molecule has 0 N–H and O–H groups in total. The molecule has 1 aromatic carbocycles. The highest BCUT2D eigenvalue weighted by molar-refractivity contribution is 6.22. The lowest BCUT2D eigenvalue weighted by Gasteiger charge is -2.35. The molecule has 8 heteroatoms. The zero-order valence-electron chi connectivity index (χ0n) is 16.0. The Balaban J connectivity index is 1.21. The van der Waals surface area contributed by atoms with Crippen LogP contribution in [0.4, 0.5) is 5.82 Å². The summed E-state index contributed by atoms with van der Waals surface area (Å²) in [7, 11) is 0. The van der Waals surface area contributed by atoms with Crippen LogP contribution in [-0.4, -0.2) is 70.4 Å². The molecule has 2 aromatic rings. The Morgan fingerprint density at radius 1 is 0.931 bits per heavy atom. The van der Waals surface area contributed by atoms with Crippen molar-refractivity contribution < 1.29 is 14.4 Å². The van der Waals surface area contributed by atoms with E-state index in [0.29, 0.717) is 37.3 Å². The lowest BCUT2D eigenvalue weighted by Crippen LogP contribution is -2.52. The summed E-state index contributed by atoms with van der Waals surface area (Å²) >= 11 is 0. The van der Waals surface area contributed by atoms with Crippen LogP contribution in [0, 0.1) is 0 Å². The monoisotopic (exact) mass is 391 g/mol. The Bertz CT molecular complexity index is 978. The van der Waals surface area contributed by atoms with Crippen molar-refractivity contribution in [3.8, 4) is 0 Å². The lowest BCUT2D eigenvalue weighted by molar-refractivity contribution is -0.131. The molecule has 148 valence electrons. The number of anilines is 1. The van der Waals surface area contributed by atoms with Crippen LogP contribution < -0.4 is 4.90 Å². The molecule has 3 amide bonds. The zero-order valence-corrected chi connectivity index (χ0v) is 16.0. The number of hydrogen-bond donors (Lipinski definition) is 0. The summed E-state index contributed by atoms with van der Waals surface area (Å²) in [6, 6.07) is 8.80. The number of aromatic nitrogens is 2. The molecule has 8 nitrogen and oxygen atoms in total. The van der Waals surface area contributed by atoms with E-state index in [0.717, 1.165) is 35.7 Å². The predicted molar refractivity (Wildman–Crippen MR) is 105 cm³/mol. The molecule has 1 saturated heterocycles. The number of imide groups is 1. The van der Waals surface area contributed by atoms with Gasteiger partial charge in [0.05, 0.1) is 16.8 Å². The lowest BCUT2D eigenvalue weighted by atomic mass is 10.1. The predicted octanol–water partition coefficient (Wildman–Crippen LogP) is 0.910. The molecule has 0 atom stereocenters. The largest absolute Gasteiger partial charge is 0.352 e. The first-order chi connectivity index (χ1) is 14.1. The van der Waals surface area contributed by atoms with Gasteiger partial charge >= 0.3 is 0 Å². The van der Waals surface area contributed by atoms with Crippen molar-refractivity contribution in [3.05, 3.63) is 52.7 Å². The Labute approximate surface area is 168 Å². The van der Waals surface area contributed by atoms with Gasteiger partial charge < -0.3 is 9.80 Å². The maximum absolute atomic E-state index is 12.7. The normalized spacial score (nSPS) is 18.3. The van der Waals surface area contributed by atoms with Crippen LogP contribution in [0.5, 0.6) is 0 Å². The highest BCUT2D eigenvalue weighted by Crippen LogP contribution is 2.24. The van der Waals surface area contributed by atoms with Crippen molar-refractivity contribution in [2.24, 2.45) is 0 Å². The molecule has 0 spiro atoms. The zero-order chi connectivity index (χ0) is 20.0. The first-order valence-electron chi connectivity index (χ1n) is 9.95. The average molecular weight is 391 g/mol. The second kappa shape index (κ2) is 6.95. The van der Waals surface area contributed by atoms with E-state index >= 15 is 0 Å². The van der Waals surface area contributed by atoms with Gasteiger partial charge in [0.2, 0.25) is 5.91 Å². The van der Waals surface area contributed by atoms with Crippen molar-refractivity contribution in [3.63, 3.8) is 0 Å². The van der Waals surface area contributed by atoms with Gasteiger partial charge in [-0.2, -0.15) is 5.10 Å². The average Bonchev–Trinajstić information content (AvgIpc) is 3.32. The maximum atomic E-state index is 12.7. The van der Waals surface area contributed by atoms with Gasteiger partial charge in [-0.25, -0.2) is 0 Å². The van der Waals surface area contributed by atoms with Gasteiger partial charge in [0.25, 0.3) is 11.8 Å². The van der Waals surface area contributed by atoms with E-state index in [9.17, 15) is 14.4 Å². The minimum Gasteiger partial charge on any atom is -0.352 e. The van der Waals surface area contributed by atoms with E-state index in [1.807, 2.05) is 0 Å². The third-order valence-electron chi connectivity index (χ3n) is 5.93. The molecule has 5 rings (SSSR count). The van der Waals surface area contributed by atoms with E-state index < -0.39 is 11.8 Å². The molecule has 0 unspecified atom stereocenters. The van der Waals surface area contributed by atoms with E-state index in [1.165, 1.54) is 5.56 Å². The summed E-state index contributed by atoms with van der Waals surface area (Å²) in [6.45, 7) is 2.15. The molecule has 2 aliphatic heterocycles. The van der Waals surface area contributed by atoms with E-state index in [2.05, 4.69) is 21.2 Å². The highest BCUT2D eigenvalue weighted by atomic mass is 16.2. The molecule has 3 heterocycles. The number of carbonyl (C=O) groups is 3. The molecule has 29 heavy (non-hydrogen) atoms. The third-order valence-corrected chi connectivity index (χ3v) is 5.93. The molecule has 3 aliphatic rings. The standard InChI is InChI=1S/C21H21N5O3/c27-19(13-26-20(28)15-5-1-2-6-16(15)21(26)29)25-10-8-24(9-11-25)18-12-14-4-3-7-17(14)22-23-18/h1-2,5-6,12H,3-4,7-11,13H2. The van der Waals surface area contributed by atoms with Crippen LogP contribution in [0.15, 0.2) is 30.3 Å². The number of aryl methyl sites for hydroxylation is 2. The molecule has 0 bridgehead atoms. The number of benzene rings is 1. The van der Waals surface area contributed by atoms with Crippen LogP contribution in [0.3, 0.4) is 0 Å². The Kier molecular flexibility index (Phi) is 4.26.